The molecule has 0 saturated heterocycles. The summed E-state index contributed by atoms with van der Waals surface area (Å²) >= 11 is 0. The second-order valence-electron chi connectivity index (χ2n) is 17.0. The summed E-state index contributed by atoms with van der Waals surface area (Å²) in [5.41, 5.74) is 2.47. The molecule has 0 spiro atoms. The van der Waals surface area contributed by atoms with Crippen LogP contribution in [0.5, 0.6) is 0 Å². The van der Waals surface area contributed by atoms with E-state index in [-0.39, 0.29) is 48.5 Å². The van der Waals surface area contributed by atoms with Crippen LogP contribution in [0.25, 0.3) is 10.8 Å². The summed E-state index contributed by atoms with van der Waals surface area (Å²) in [6, 6.07) is 19.8. The molecule has 3 saturated carbocycles. The standard InChI is InChI=1S/C45H58N6O6/c1-29(2)20-36(39(52)23-40(53)47-27-45-19-11-17-33(24-45)44(45,3)4)49-42(55)38(22-34-25-46-28-48-34)50-41(54)37(51-43(56)57-26-30-12-6-5-7-13-30)21-32-16-10-15-31-14-8-9-18-35(31)32/h5-10,12-16,18,25,28-29,33,36-39,52H,11,17,19-24,26-27H2,1-4H3,(H,46,48)(H,47,53)(H,49,55)(H,50,54)(H,51,56)/t33?,36?,37-,38-,39?,45?/m0/s1. The van der Waals surface area contributed by atoms with Crippen LogP contribution in [0.3, 0.4) is 0 Å². The SMILES string of the molecule is CC(C)CC(NC(=O)[C@H](Cc1cnc[nH]1)NC(=O)[C@H](Cc1cccc2ccccc12)NC(=O)OCc1ccccc1)C(O)CC(=O)NCC12CCCC(C1)C2(C)C. The van der Waals surface area contributed by atoms with Gasteiger partial charge in [-0.2, -0.15) is 0 Å². The maximum absolute atomic E-state index is 14.3. The van der Waals surface area contributed by atoms with Crippen molar-refractivity contribution >= 4 is 34.6 Å². The number of aromatic nitrogens is 2. The van der Waals surface area contributed by atoms with Crippen LogP contribution in [0, 0.1) is 22.7 Å². The molecule has 12 nitrogen and oxygen atoms in total. The fourth-order valence-corrected chi connectivity index (χ4v) is 8.93. The molecule has 3 aliphatic carbocycles. The third kappa shape index (κ3) is 10.2. The van der Waals surface area contributed by atoms with Crippen molar-refractivity contribution in [1.82, 2.24) is 31.2 Å². The lowest BCUT2D eigenvalue weighted by Gasteiger charge is -2.66. The van der Waals surface area contributed by atoms with Gasteiger partial charge in [-0.3, -0.25) is 14.4 Å². The average molecular weight is 779 g/mol. The fraction of sp³-hybridized carbons (Fsp3) is 0.489. The summed E-state index contributed by atoms with van der Waals surface area (Å²) < 4.78 is 5.51. The number of carbonyl (C=O) groups is 4. The first-order valence-electron chi connectivity index (χ1n) is 20.3. The number of carbonyl (C=O) groups excluding carboxylic acids is 4. The number of benzene rings is 3. The number of aliphatic hydroxyl groups is 1. The van der Waals surface area contributed by atoms with Gasteiger partial charge in [0.1, 0.15) is 18.7 Å². The van der Waals surface area contributed by atoms with E-state index >= 15 is 0 Å². The Morgan fingerprint density at radius 3 is 2.35 bits per heavy atom. The van der Waals surface area contributed by atoms with Crippen LogP contribution >= 0.6 is 0 Å². The van der Waals surface area contributed by atoms with Crippen LogP contribution in [-0.2, 0) is 38.6 Å². The molecule has 4 unspecified atom stereocenters. The number of hydrogen-bond donors (Lipinski definition) is 6. The highest BCUT2D eigenvalue weighted by Crippen LogP contribution is 2.67. The van der Waals surface area contributed by atoms with Gasteiger partial charge in [-0.15, -0.1) is 0 Å². The van der Waals surface area contributed by atoms with Crippen LogP contribution in [0.1, 0.15) is 83.0 Å². The lowest BCUT2D eigenvalue weighted by atomic mass is 9.40. The largest absolute Gasteiger partial charge is 0.445 e. The minimum atomic E-state index is -1.16. The molecule has 3 aromatic carbocycles. The second-order valence-corrected chi connectivity index (χ2v) is 17.0. The molecule has 7 rings (SSSR count). The first-order valence-corrected chi connectivity index (χ1v) is 20.3. The Balaban J connectivity index is 1.16. The van der Waals surface area contributed by atoms with Crippen LogP contribution in [-0.4, -0.2) is 69.7 Å². The number of nitrogens with zero attached hydrogens (tertiary/aromatic N) is 1. The molecule has 6 N–H and O–H groups in total. The Hall–Kier alpha value is -5.23. The van der Waals surface area contributed by atoms with Crippen LogP contribution in [0.2, 0.25) is 0 Å². The highest BCUT2D eigenvalue weighted by Gasteiger charge is 2.61. The zero-order valence-corrected chi connectivity index (χ0v) is 33.6. The van der Waals surface area contributed by atoms with Gasteiger partial charge in [0.15, 0.2) is 0 Å². The van der Waals surface area contributed by atoms with E-state index in [2.05, 4.69) is 45.1 Å². The molecular weight excluding hydrogens is 721 g/mol. The number of H-pyrrole nitrogens is 1. The van der Waals surface area contributed by atoms with Crippen molar-refractivity contribution in [2.75, 3.05) is 6.54 Å². The van der Waals surface area contributed by atoms with Gasteiger partial charge in [-0.05, 0) is 70.2 Å². The van der Waals surface area contributed by atoms with Gasteiger partial charge in [0.25, 0.3) is 0 Å². The summed E-state index contributed by atoms with van der Waals surface area (Å²) in [7, 11) is 0. The van der Waals surface area contributed by atoms with Crippen LogP contribution in [0.15, 0.2) is 85.3 Å². The van der Waals surface area contributed by atoms with Gasteiger partial charge in [-0.25, -0.2) is 9.78 Å². The Labute approximate surface area is 335 Å². The number of hydrogen-bond acceptors (Lipinski definition) is 7. The first-order chi connectivity index (χ1) is 27.3. The average Bonchev–Trinajstić information content (AvgIpc) is 3.72. The van der Waals surface area contributed by atoms with E-state index in [0.717, 1.165) is 34.7 Å². The van der Waals surface area contributed by atoms with Crippen molar-refractivity contribution in [2.24, 2.45) is 22.7 Å². The van der Waals surface area contributed by atoms with Gasteiger partial charge >= 0.3 is 6.09 Å². The molecule has 3 aliphatic rings. The highest BCUT2D eigenvalue weighted by atomic mass is 16.5. The molecule has 304 valence electrons. The zero-order chi connectivity index (χ0) is 40.6. The second kappa shape index (κ2) is 18.4. The molecule has 6 atom stereocenters. The van der Waals surface area contributed by atoms with Crippen molar-refractivity contribution < 1.29 is 29.0 Å². The maximum Gasteiger partial charge on any atom is 0.408 e. The van der Waals surface area contributed by atoms with Gasteiger partial charge in [0.2, 0.25) is 17.7 Å². The Morgan fingerprint density at radius 2 is 1.63 bits per heavy atom. The molecule has 4 amide bonds. The third-order valence-electron chi connectivity index (χ3n) is 12.5. The van der Waals surface area contributed by atoms with Crippen LogP contribution < -0.4 is 21.3 Å². The topological polar surface area (TPSA) is 175 Å². The van der Waals surface area contributed by atoms with E-state index in [9.17, 15) is 24.3 Å². The smallest absolute Gasteiger partial charge is 0.408 e. The number of alkyl carbamates (subject to hydrolysis) is 1. The quantitative estimate of drug-likeness (QED) is 0.0747. The van der Waals surface area contributed by atoms with Gasteiger partial charge < -0.3 is 36.1 Å². The number of nitrogens with one attached hydrogen (secondary N) is 5. The molecule has 1 heterocycles. The number of ether oxygens (including phenoxy) is 1. The molecule has 0 radical (unpaired) electrons. The van der Waals surface area contributed by atoms with Crippen molar-refractivity contribution in [2.45, 2.75) is 110 Å². The monoisotopic (exact) mass is 778 g/mol. The Kier molecular flexibility index (Phi) is 13.3. The minimum Gasteiger partial charge on any atom is -0.445 e. The maximum atomic E-state index is 14.3. The number of aliphatic hydroxyl groups excluding tert-OH is 1. The Morgan fingerprint density at radius 1 is 0.912 bits per heavy atom. The number of rotatable bonds is 18. The number of imidazole rings is 1. The van der Waals surface area contributed by atoms with Crippen molar-refractivity contribution in [3.63, 3.8) is 0 Å². The third-order valence-corrected chi connectivity index (χ3v) is 12.5. The molecule has 4 aromatic rings. The molecule has 1 aromatic heterocycles. The van der Waals surface area contributed by atoms with Crippen molar-refractivity contribution in [1.29, 1.82) is 0 Å². The molecule has 0 aliphatic heterocycles. The molecule has 3 fully saturated rings. The molecule has 2 bridgehead atoms. The highest BCUT2D eigenvalue weighted by molar-refractivity contribution is 5.93. The predicted octanol–water partition coefficient (Wildman–Crippen LogP) is 5.74. The molecule has 12 heteroatoms. The number of fused-ring (bicyclic) bond motifs is 3. The number of amides is 4. The van der Waals surface area contributed by atoms with Gasteiger partial charge in [-0.1, -0.05) is 107 Å². The van der Waals surface area contributed by atoms with E-state index in [1.165, 1.54) is 19.2 Å². The normalized spacial score (nSPS) is 20.4. The van der Waals surface area contributed by atoms with E-state index in [0.29, 0.717) is 24.6 Å². The summed E-state index contributed by atoms with van der Waals surface area (Å²) in [6.45, 7) is 9.15. The Bertz CT molecular complexity index is 1980. The van der Waals surface area contributed by atoms with E-state index < -0.39 is 42.1 Å². The first kappa shape index (κ1) is 41.4. The number of aromatic amines is 1. The van der Waals surface area contributed by atoms with Gasteiger partial charge in [0, 0.05) is 31.3 Å². The minimum absolute atomic E-state index is 0.0110. The molecular formula is C45H58N6O6. The summed E-state index contributed by atoms with van der Waals surface area (Å²) in [6.07, 6.45) is 6.14. The summed E-state index contributed by atoms with van der Waals surface area (Å²) in [4.78, 5) is 62.0. The summed E-state index contributed by atoms with van der Waals surface area (Å²) in [5.74, 6) is -0.621. The van der Waals surface area contributed by atoms with E-state index in [4.69, 9.17) is 4.74 Å². The van der Waals surface area contributed by atoms with E-state index in [1.54, 1.807) is 6.20 Å². The van der Waals surface area contributed by atoms with Crippen molar-refractivity contribution in [3.05, 3.63) is 102 Å². The van der Waals surface area contributed by atoms with Gasteiger partial charge in [0.05, 0.1) is 24.9 Å². The van der Waals surface area contributed by atoms with Crippen molar-refractivity contribution in [3.8, 4) is 0 Å². The zero-order valence-electron chi connectivity index (χ0n) is 33.6. The fourth-order valence-electron chi connectivity index (χ4n) is 8.93. The molecule has 57 heavy (non-hydrogen) atoms. The summed E-state index contributed by atoms with van der Waals surface area (Å²) in [5, 5.41) is 25.1. The lowest BCUT2D eigenvalue weighted by Crippen LogP contribution is -2.62. The van der Waals surface area contributed by atoms with Crippen LogP contribution in [0.4, 0.5) is 4.79 Å². The van der Waals surface area contributed by atoms with E-state index in [1.807, 2.05) is 86.6 Å². The lowest BCUT2D eigenvalue weighted by molar-refractivity contribution is -0.161. The predicted molar refractivity (Wildman–Crippen MR) is 219 cm³/mol.